The SMILES string of the molecule is Clc1ccc([SiH]2CCCCO2)cc1. The van der Waals surface area contributed by atoms with Gasteiger partial charge in [0.2, 0.25) is 9.04 Å². The fourth-order valence-corrected chi connectivity index (χ4v) is 4.23. The van der Waals surface area contributed by atoms with Crippen molar-refractivity contribution in [2.24, 2.45) is 0 Å². The maximum atomic E-state index is 5.83. The van der Waals surface area contributed by atoms with E-state index in [9.17, 15) is 0 Å². The maximum Gasteiger partial charge on any atom is 0.208 e. The minimum Gasteiger partial charge on any atom is -0.415 e. The van der Waals surface area contributed by atoms with Gasteiger partial charge in [0, 0.05) is 11.6 Å². The fraction of sp³-hybridized carbons (Fsp3) is 0.400. The van der Waals surface area contributed by atoms with Crippen molar-refractivity contribution in [1.29, 1.82) is 0 Å². The first-order valence-corrected chi connectivity index (χ1v) is 6.97. The van der Waals surface area contributed by atoms with Gasteiger partial charge in [-0.05, 0) is 29.8 Å². The van der Waals surface area contributed by atoms with Gasteiger partial charge < -0.3 is 4.43 Å². The average molecular weight is 213 g/mol. The summed E-state index contributed by atoms with van der Waals surface area (Å²) >= 11 is 5.83. The lowest BCUT2D eigenvalue weighted by molar-refractivity contribution is 0.294. The zero-order valence-corrected chi connectivity index (χ0v) is 9.41. The molecule has 1 saturated heterocycles. The summed E-state index contributed by atoms with van der Waals surface area (Å²) in [4.78, 5) is 0. The number of hydrogen-bond acceptors (Lipinski definition) is 1. The van der Waals surface area contributed by atoms with Crippen LogP contribution >= 0.6 is 11.6 Å². The van der Waals surface area contributed by atoms with Crippen LogP contribution in [0.5, 0.6) is 0 Å². The summed E-state index contributed by atoms with van der Waals surface area (Å²) < 4.78 is 5.80. The Kier molecular flexibility index (Phi) is 3.04. The molecule has 0 bridgehead atoms. The Balaban J connectivity index is 2.10. The molecule has 3 heteroatoms. The summed E-state index contributed by atoms with van der Waals surface area (Å²) in [7, 11) is -1.06. The van der Waals surface area contributed by atoms with Gasteiger partial charge in [0.15, 0.2) is 0 Å². The molecule has 0 radical (unpaired) electrons. The Labute approximate surface area is 85.4 Å². The normalized spacial score (nSPS) is 23.0. The van der Waals surface area contributed by atoms with Crippen molar-refractivity contribution in [2.45, 2.75) is 18.9 Å². The molecule has 13 heavy (non-hydrogen) atoms. The summed E-state index contributed by atoms with van der Waals surface area (Å²) in [5.74, 6) is 0. The van der Waals surface area contributed by atoms with Crippen LogP contribution in [-0.4, -0.2) is 15.6 Å². The molecular formula is C10H13ClOSi. The molecule has 1 aromatic carbocycles. The first kappa shape index (κ1) is 9.25. The van der Waals surface area contributed by atoms with Crippen LogP contribution in [0.4, 0.5) is 0 Å². The van der Waals surface area contributed by atoms with Gasteiger partial charge >= 0.3 is 0 Å². The molecule has 1 aliphatic heterocycles. The highest BCUT2D eigenvalue weighted by molar-refractivity contribution is 6.67. The van der Waals surface area contributed by atoms with Crippen LogP contribution in [0.1, 0.15) is 12.8 Å². The minimum absolute atomic E-state index is 0.813. The highest BCUT2D eigenvalue weighted by Crippen LogP contribution is 2.12. The van der Waals surface area contributed by atoms with Crippen LogP contribution in [0, 0.1) is 0 Å². The van der Waals surface area contributed by atoms with Gasteiger partial charge in [0.25, 0.3) is 0 Å². The molecule has 0 saturated carbocycles. The van der Waals surface area contributed by atoms with Gasteiger partial charge in [-0.15, -0.1) is 0 Å². The van der Waals surface area contributed by atoms with E-state index in [1.165, 1.54) is 24.1 Å². The summed E-state index contributed by atoms with van der Waals surface area (Å²) in [6.45, 7) is 0.958. The Morgan fingerprint density at radius 1 is 1.15 bits per heavy atom. The molecule has 1 atom stereocenters. The monoisotopic (exact) mass is 212 g/mol. The van der Waals surface area contributed by atoms with E-state index in [-0.39, 0.29) is 0 Å². The first-order chi connectivity index (χ1) is 6.36. The Hall–Kier alpha value is -0.313. The van der Waals surface area contributed by atoms with E-state index in [4.69, 9.17) is 16.0 Å². The quantitative estimate of drug-likeness (QED) is 0.648. The van der Waals surface area contributed by atoms with Gasteiger partial charge in [0.1, 0.15) is 0 Å². The van der Waals surface area contributed by atoms with Gasteiger partial charge in [-0.25, -0.2) is 0 Å². The predicted molar refractivity (Wildman–Crippen MR) is 58.2 cm³/mol. The van der Waals surface area contributed by atoms with Crippen molar-refractivity contribution >= 4 is 25.8 Å². The molecule has 0 spiro atoms. The molecule has 1 heterocycles. The lowest BCUT2D eigenvalue weighted by atomic mass is 10.3. The van der Waals surface area contributed by atoms with Crippen LogP contribution in [0.25, 0.3) is 0 Å². The smallest absolute Gasteiger partial charge is 0.208 e. The van der Waals surface area contributed by atoms with Crippen molar-refractivity contribution in [3.05, 3.63) is 29.3 Å². The highest BCUT2D eigenvalue weighted by Gasteiger charge is 2.17. The van der Waals surface area contributed by atoms with Gasteiger partial charge in [-0.2, -0.15) is 0 Å². The van der Waals surface area contributed by atoms with Gasteiger partial charge in [-0.1, -0.05) is 30.2 Å². The predicted octanol–water partition coefficient (Wildman–Crippen LogP) is 2.08. The third-order valence-corrected chi connectivity index (χ3v) is 5.37. The second kappa shape index (κ2) is 4.27. The molecule has 0 N–H and O–H groups in total. The zero-order chi connectivity index (χ0) is 9.10. The van der Waals surface area contributed by atoms with Crippen LogP contribution in [0.15, 0.2) is 24.3 Å². The second-order valence-electron chi connectivity index (χ2n) is 3.41. The number of hydrogen-bond donors (Lipinski definition) is 0. The molecule has 1 aromatic rings. The van der Waals surface area contributed by atoms with Crippen molar-refractivity contribution in [3.8, 4) is 0 Å². The number of rotatable bonds is 1. The summed E-state index contributed by atoms with van der Waals surface area (Å²) in [5.41, 5.74) is 0. The van der Waals surface area contributed by atoms with Crippen LogP contribution in [0.2, 0.25) is 11.1 Å². The van der Waals surface area contributed by atoms with Crippen molar-refractivity contribution in [2.75, 3.05) is 6.61 Å². The lowest BCUT2D eigenvalue weighted by Gasteiger charge is -2.21. The molecular weight excluding hydrogens is 200 g/mol. The molecule has 0 aliphatic carbocycles. The summed E-state index contributed by atoms with van der Waals surface area (Å²) in [6.07, 6.45) is 2.57. The van der Waals surface area contributed by atoms with Crippen molar-refractivity contribution < 1.29 is 4.43 Å². The topological polar surface area (TPSA) is 9.23 Å². The Morgan fingerprint density at radius 2 is 1.92 bits per heavy atom. The van der Waals surface area contributed by atoms with E-state index >= 15 is 0 Å². The lowest BCUT2D eigenvalue weighted by Crippen LogP contribution is -2.36. The zero-order valence-electron chi connectivity index (χ0n) is 7.50. The van der Waals surface area contributed by atoms with E-state index in [0.29, 0.717) is 0 Å². The molecule has 1 aliphatic rings. The summed E-state index contributed by atoms with van der Waals surface area (Å²) in [5, 5.41) is 2.21. The minimum atomic E-state index is -1.06. The van der Waals surface area contributed by atoms with E-state index in [0.717, 1.165) is 11.6 Å². The van der Waals surface area contributed by atoms with Crippen molar-refractivity contribution in [1.82, 2.24) is 0 Å². The van der Waals surface area contributed by atoms with Crippen molar-refractivity contribution in [3.63, 3.8) is 0 Å². The number of halogens is 1. The Morgan fingerprint density at radius 3 is 2.54 bits per heavy atom. The van der Waals surface area contributed by atoms with Crippen LogP contribution in [0.3, 0.4) is 0 Å². The largest absolute Gasteiger partial charge is 0.415 e. The maximum absolute atomic E-state index is 5.83. The highest BCUT2D eigenvalue weighted by atomic mass is 35.5. The van der Waals surface area contributed by atoms with E-state index in [2.05, 4.69) is 12.1 Å². The molecule has 1 unspecified atom stereocenters. The molecule has 2 rings (SSSR count). The van der Waals surface area contributed by atoms with Gasteiger partial charge in [0.05, 0.1) is 0 Å². The standard InChI is InChI=1S/C10H13ClOSi/c11-9-3-5-10(6-4-9)13-8-2-1-7-12-13/h3-6,13H,1-2,7-8H2. The summed E-state index contributed by atoms with van der Waals surface area (Å²) in [6, 6.07) is 9.43. The molecule has 70 valence electrons. The van der Waals surface area contributed by atoms with E-state index in [1.807, 2.05) is 12.1 Å². The van der Waals surface area contributed by atoms with Gasteiger partial charge in [-0.3, -0.25) is 0 Å². The molecule has 1 fully saturated rings. The molecule has 0 aromatic heterocycles. The third kappa shape index (κ3) is 2.33. The van der Waals surface area contributed by atoms with E-state index < -0.39 is 9.04 Å². The second-order valence-corrected chi connectivity index (χ2v) is 6.40. The fourth-order valence-electron chi connectivity index (χ4n) is 1.68. The first-order valence-electron chi connectivity index (χ1n) is 4.73. The average Bonchev–Trinajstić information content (AvgIpc) is 2.20. The van der Waals surface area contributed by atoms with Crippen LogP contribution < -0.4 is 5.19 Å². The Bertz CT molecular complexity index is 267. The third-order valence-electron chi connectivity index (χ3n) is 2.42. The van der Waals surface area contributed by atoms with Crippen LogP contribution in [-0.2, 0) is 4.43 Å². The number of benzene rings is 1. The molecule has 0 amide bonds. The molecule has 1 nitrogen and oxygen atoms in total. The van der Waals surface area contributed by atoms with E-state index in [1.54, 1.807) is 0 Å².